The quantitative estimate of drug-likeness (QED) is 0.129. The van der Waals surface area contributed by atoms with E-state index in [1.807, 2.05) is 12.1 Å². The van der Waals surface area contributed by atoms with Crippen molar-refractivity contribution in [1.82, 2.24) is 20.4 Å². The van der Waals surface area contributed by atoms with E-state index in [2.05, 4.69) is 10.6 Å². The number of hydrogen-bond donors (Lipinski definition) is 2. The van der Waals surface area contributed by atoms with Crippen molar-refractivity contribution in [2.24, 2.45) is 0 Å². The van der Waals surface area contributed by atoms with Crippen molar-refractivity contribution in [3.63, 3.8) is 0 Å². The van der Waals surface area contributed by atoms with Crippen molar-refractivity contribution in [3.05, 3.63) is 81.9 Å². The van der Waals surface area contributed by atoms with Crippen LogP contribution in [0.4, 0.5) is 0 Å². The first-order chi connectivity index (χ1) is 25.2. The van der Waals surface area contributed by atoms with Gasteiger partial charge >= 0.3 is 0 Å². The number of carbonyl (C=O) groups is 4. The van der Waals surface area contributed by atoms with Crippen LogP contribution in [0, 0.1) is 0 Å². The van der Waals surface area contributed by atoms with E-state index >= 15 is 0 Å². The lowest BCUT2D eigenvalue weighted by Crippen LogP contribution is -2.46. The predicted octanol–water partition coefficient (Wildman–Crippen LogP) is 3.66. The number of benzene rings is 4. The molecule has 0 saturated carbocycles. The molecule has 272 valence electrons. The Balaban J connectivity index is 1.14. The van der Waals surface area contributed by atoms with Crippen molar-refractivity contribution in [3.8, 4) is 34.5 Å². The Labute approximate surface area is 300 Å². The van der Waals surface area contributed by atoms with E-state index in [1.54, 1.807) is 50.6 Å². The molecule has 4 amide bonds. The van der Waals surface area contributed by atoms with Gasteiger partial charge in [0.2, 0.25) is 11.5 Å². The summed E-state index contributed by atoms with van der Waals surface area (Å²) in [5.74, 6) is 1.04. The second kappa shape index (κ2) is 15.2. The van der Waals surface area contributed by atoms with Gasteiger partial charge in [-0.25, -0.2) is 0 Å². The number of nitrogens with zero attached hydrogens (tertiary/aromatic N) is 2. The maximum Gasteiger partial charge on any atom is 0.261 e. The molecule has 0 atom stereocenters. The smallest absolute Gasteiger partial charge is 0.261 e. The van der Waals surface area contributed by atoms with Crippen LogP contribution in [-0.2, 0) is 13.1 Å². The molecule has 0 saturated heterocycles. The molecule has 14 nitrogen and oxygen atoms in total. The number of rotatable bonds is 16. The molecule has 2 aliphatic heterocycles. The molecular formula is C38H40N4O10. The van der Waals surface area contributed by atoms with Gasteiger partial charge in [-0.15, -0.1) is 0 Å². The number of methoxy groups -OCH3 is 6. The van der Waals surface area contributed by atoms with Crippen LogP contribution < -0.4 is 39.1 Å². The molecule has 0 aliphatic carbocycles. The average Bonchev–Trinajstić information content (AvgIpc) is 3.17. The Hall–Kier alpha value is -5.86. The van der Waals surface area contributed by atoms with Gasteiger partial charge in [-0.1, -0.05) is 12.1 Å². The summed E-state index contributed by atoms with van der Waals surface area (Å²) in [4.78, 5) is 57.2. The monoisotopic (exact) mass is 712 g/mol. The summed E-state index contributed by atoms with van der Waals surface area (Å²) in [5.41, 5.74) is 2.65. The Morgan fingerprint density at radius 2 is 0.769 bits per heavy atom. The van der Waals surface area contributed by atoms with E-state index < -0.39 is 23.6 Å². The van der Waals surface area contributed by atoms with E-state index in [0.29, 0.717) is 71.4 Å². The molecule has 0 spiro atoms. The highest BCUT2D eigenvalue weighted by Gasteiger charge is 2.39. The third-order valence-electron chi connectivity index (χ3n) is 9.29. The van der Waals surface area contributed by atoms with Crippen LogP contribution in [0.15, 0.2) is 48.5 Å². The molecule has 2 aliphatic rings. The minimum atomic E-state index is -0.496. The zero-order valence-corrected chi connectivity index (χ0v) is 29.8. The third kappa shape index (κ3) is 6.09. The summed E-state index contributed by atoms with van der Waals surface area (Å²) in [7, 11) is 9.22. The van der Waals surface area contributed by atoms with Crippen molar-refractivity contribution in [2.75, 3.05) is 68.8 Å². The maximum absolute atomic E-state index is 13.7. The molecule has 14 heteroatoms. The molecule has 0 radical (unpaired) electrons. The first kappa shape index (κ1) is 35.9. The lowest BCUT2D eigenvalue weighted by molar-refractivity contribution is 0.0590. The Morgan fingerprint density at radius 3 is 1.06 bits per heavy atom. The van der Waals surface area contributed by atoms with E-state index in [9.17, 15) is 19.2 Å². The van der Waals surface area contributed by atoms with Gasteiger partial charge in [-0.05, 0) is 36.4 Å². The highest BCUT2D eigenvalue weighted by atomic mass is 16.5. The fraction of sp³-hybridized carbons (Fsp3) is 0.316. The molecule has 6 rings (SSSR count). The molecule has 0 aromatic heterocycles. The van der Waals surface area contributed by atoms with Gasteiger partial charge in [-0.2, -0.15) is 0 Å². The van der Waals surface area contributed by atoms with E-state index in [-0.39, 0.29) is 35.3 Å². The lowest BCUT2D eigenvalue weighted by Gasteiger charge is -2.32. The van der Waals surface area contributed by atoms with Crippen LogP contribution in [0.1, 0.15) is 52.6 Å². The minimum Gasteiger partial charge on any atom is -0.493 e. The Morgan fingerprint density at radius 1 is 0.442 bits per heavy atom. The van der Waals surface area contributed by atoms with Gasteiger partial charge in [0.1, 0.15) is 0 Å². The normalized spacial score (nSPS) is 13.5. The standard InChI is InChI=1S/C38H40N4O10/c1-47-27-13-7-21(31(49-3)33(27)51-5)19-39-15-17-41-35(43)23-9-11-25-30-26(12-10-24(29(23)30)36(41)44)38(46)42(37(25)45)18-16-40-20-22-8-14-28(48-2)34(52-6)32(22)50-4/h7-14,39-40H,15-20H2,1-6H3. The van der Waals surface area contributed by atoms with Crippen molar-refractivity contribution >= 4 is 34.4 Å². The summed E-state index contributed by atoms with van der Waals surface area (Å²) in [6.45, 7) is 1.51. The maximum atomic E-state index is 13.7. The number of carbonyl (C=O) groups excluding carboxylic acids is 4. The summed E-state index contributed by atoms with van der Waals surface area (Å²) in [5, 5.41) is 7.17. The van der Waals surface area contributed by atoms with Gasteiger partial charge < -0.3 is 39.1 Å². The molecule has 0 unspecified atom stereocenters. The van der Waals surface area contributed by atoms with Crippen LogP contribution >= 0.6 is 0 Å². The van der Waals surface area contributed by atoms with E-state index in [1.165, 1.54) is 38.2 Å². The molecule has 2 heterocycles. The summed E-state index contributed by atoms with van der Waals surface area (Å²) in [6, 6.07) is 13.5. The fourth-order valence-electron chi connectivity index (χ4n) is 6.81. The fourth-order valence-corrected chi connectivity index (χ4v) is 6.81. The third-order valence-corrected chi connectivity index (χ3v) is 9.29. The molecule has 4 aromatic carbocycles. The number of imide groups is 2. The van der Waals surface area contributed by atoms with Crippen molar-refractivity contribution in [1.29, 1.82) is 0 Å². The second-order valence-corrected chi connectivity index (χ2v) is 11.9. The zero-order valence-electron chi connectivity index (χ0n) is 29.8. The van der Waals surface area contributed by atoms with Crippen molar-refractivity contribution < 1.29 is 47.6 Å². The first-order valence-electron chi connectivity index (χ1n) is 16.5. The topological polar surface area (TPSA) is 154 Å². The Bertz CT molecular complexity index is 1860. The van der Waals surface area contributed by atoms with Crippen LogP contribution in [0.3, 0.4) is 0 Å². The van der Waals surface area contributed by atoms with Crippen LogP contribution in [0.5, 0.6) is 34.5 Å². The number of nitrogens with one attached hydrogen (secondary N) is 2. The van der Waals surface area contributed by atoms with Crippen molar-refractivity contribution in [2.45, 2.75) is 13.1 Å². The number of ether oxygens (including phenoxy) is 6. The highest BCUT2D eigenvalue weighted by molar-refractivity contribution is 6.33. The lowest BCUT2D eigenvalue weighted by atomic mass is 9.86. The largest absolute Gasteiger partial charge is 0.493 e. The second-order valence-electron chi connectivity index (χ2n) is 11.9. The summed E-state index contributed by atoms with van der Waals surface area (Å²) < 4.78 is 32.7. The predicted molar refractivity (Wildman–Crippen MR) is 190 cm³/mol. The van der Waals surface area contributed by atoms with Gasteiger partial charge in [0, 0.05) is 83.4 Å². The molecule has 4 aromatic rings. The van der Waals surface area contributed by atoms with Gasteiger partial charge in [0.15, 0.2) is 23.0 Å². The van der Waals surface area contributed by atoms with Crippen LogP contribution in [0.25, 0.3) is 10.8 Å². The zero-order chi connectivity index (χ0) is 37.1. The average molecular weight is 713 g/mol. The van der Waals surface area contributed by atoms with E-state index in [0.717, 1.165) is 11.1 Å². The van der Waals surface area contributed by atoms with Crippen LogP contribution in [-0.4, -0.2) is 102 Å². The summed E-state index contributed by atoms with van der Waals surface area (Å²) in [6.07, 6.45) is 0. The van der Waals surface area contributed by atoms with Gasteiger partial charge in [0.25, 0.3) is 23.6 Å². The molecule has 0 bridgehead atoms. The molecule has 0 fully saturated rings. The SMILES string of the molecule is COc1ccc(CNCCN2C(=O)c3ccc4c5c(ccc(c35)C2=O)C(=O)N(CCNCc2ccc(OC)c(OC)c2OC)C4=O)c(OC)c1OC. The summed E-state index contributed by atoms with van der Waals surface area (Å²) >= 11 is 0. The first-order valence-corrected chi connectivity index (χ1v) is 16.5. The molecule has 2 N–H and O–H groups in total. The minimum absolute atomic E-state index is 0.0888. The highest BCUT2D eigenvalue weighted by Crippen LogP contribution is 2.41. The Kier molecular flexibility index (Phi) is 10.5. The molecule has 52 heavy (non-hydrogen) atoms. The number of amides is 4. The van der Waals surface area contributed by atoms with Gasteiger partial charge in [-0.3, -0.25) is 29.0 Å². The van der Waals surface area contributed by atoms with E-state index in [4.69, 9.17) is 28.4 Å². The number of hydrogen-bond acceptors (Lipinski definition) is 12. The van der Waals surface area contributed by atoms with Crippen LogP contribution in [0.2, 0.25) is 0 Å². The molecular weight excluding hydrogens is 672 g/mol. The van der Waals surface area contributed by atoms with Gasteiger partial charge in [0.05, 0.1) is 42.7 Å².